The molecule has 0 saturated carbocycles. The molecule has 0 aromatic heterocycles. The molecule has 0 radical (unpaired) electrons. The lowest BCUT2D eigenvalue weighted by Gasteiger charge is -2.15. The van der Waals surface area contributed by atoms with Crippen LogP contribution in [0.1, 0.15) is 47.1 Å². The average molecular weight is 428 g/mol. The number of rotatable bonds is 9. The third-order valence-corrected chi connectivity index (χ3v) is 5.87. The van der Waals surface area contributed by atoms with Crippen molar-refractivity contribution in [3.63, 3.8) is 0 Å². The maximum atomic E-state index is 11.1. The number of hydrogen-bond donors (Lipinski definition) is 1. The first kappa shape index (κ1) is 21.8. The van der Waals surface area contributed by atoms with Gasteiger partial charge in [-0.25, -0.2) is 0 Å². The molecule has 3 aromatic rings. The Morgan fingerprint density at radius 2 is 1.59 bits per heavy atom. The van der Waals surface area contributed by atoms with Gasteiger partial charge in [-0.3, -0.25) is 9.69 Å². The summed E-state index contributed by atoms with van der Waals surface area (Å²) in [4.78, 5) is 13.6. The van der Waals surface area contributed by atoms with Crippen LogP contribution in [0.15, 0.2) is 84.9 Å². The molecule has 164 valence electrons. The van der Waals surface area contributed by atoms with Crippen molar-refractivity contribution in [2.45, 2.75) is 45.5 Å². The van der Waals surface area contributed by atoms with E-state index in [1.165, 1.54) is 16.7 Å². The second-order valence-corrected chi connectivity index (χ2v) is 8.32. The van der Waals surface area contributed by atoms with Gasteiger partial charge in [0.15, 0.2) is 0 Å². The van der Waals surface area contributed by atoms with Crippen molar-refractivity contribution in [2.24, 2.45) is 0 Å². The molecule has 1 unspecified atom stereocenters. The van der Waals surface area contributed by atoms with E-state index in [1.807, 2.05) is 43.3 Å². The number of ether oxygens (including phenoxy) is 1. The molecule has 32 heavy (non-hydrogen) atoms. The van der Waals surface area contributed by atoms with Gasteiger partial charge in [-0.2, -0.15) is 0 Å². The van der Waals surface area contributed by atoms with Crippen LogP contribution >= 0.6 is 0 Å². The molecule has 0 saturated heterocycles. The van der Waals surface area contributed by atoms with E-state index in [0.717, 1.165) is 36.5 Å². The van der Waals surface area contributed by atoms with Gasteiger partial charge in [-0.15, -0.1) is 0 Å². The number of aliphatic carboxylic acids is 1. The van der Waals surface area contributed by atoms with Gasteiger partial charge in [0.1, 0.15) is 12.4 Å². The number of allylic oxidation sites excluding steroid dienone is 2. The molecule has 4 heteroatoms. The Balaban J connectivity index is 1.29. The summed E-state index contributed by atoms with van der Waals surface area (Å²) in [6.07, 6.45) is 3.90. The van der Waals surface area contributed by atoms with E-state index in [1.54, 1.807) is 0 Å². The molecule has 1 aliphatic rings. The quantitative estimate of drug-likeness (QED) is 0.431. The molecule has 1 heterocycles. The van der Waals surface area contributed by atoms with Crippen molar-refractivity contribution < 1.29 is 14.6 Å². The van der Waals surface area contributed by atoms with E-state index in [2.05, 4.69) is 53.4 Å². The zero-order valence-electron chi connectivity index (χ0n) is 18.4. The summed E-state index contributed by atoms with van der Waals surface area (Å²) < 4.78 is 5.94. The minimum atomic E-state index is -0.800. The Morgan fingerprint density at radius 3 is 2.19 bits per heavy atom. The molecule has 0 spiro atoms. The molecule has 1 aliphatic heterocycles. The van der Waals surface area contributed by atoms with Crippen LogP contribution in [0.5, 0.6) is 5.75 Å². The van der Waals surface area contributed by atoms with Crippen molar-refractivity contribution in [2.75, 3.05) is 0 Å². The largest absolute Gasteiger partial charge is 0.489 e. The number of carbonyl (C=O) groups is 1. The standard InChI is InChI=1S/C28H29NO3/c1-2-5-24(16-28(30)31)23-12-14-27(15-13-23)32-20-22-10-8-21(9-11-22)17-29-18-25-6-3-4-7-26(25)19-29/h2-15,24H,16-20H2,1H3,(H,30,31). The molecule has 0 amide bonds. The van der Waals surface area contributed by atoms with Gasteiger partial charge in [-0.05, 0) is 46.9 Å². The fourth-order valence-corrected chi connectivity index (χ4v) is 4.21. The Hall–Kier alpha value is -3.37. The number of carboxylic acids is 1. The summed E-state index contributed by atoms with van der Waals surface area (Å²) in [5.74, 6) is -0.143. The maximum absolute atomic E-state index is 11.1. The predicted octanol–water partition coefficient (Wildman–Crippen LogP) is 5.92. The Kier molecular flexibility index (Phi) is 7.03. The van der Waals surface area contributed by atoms with Crippen molar-refractivity contribution >= 4 is 5.97 Å². The number of nitrogens with zero attached hydrogens (tertiary/aromatic N) is 1. The first-order valence-electron chi connectivity index (χ1n) is 11.0. The van der Waals surface area contributed by atoms with E-state index < -0.39 is 5.97 Å². The van der Waals surface area contributed by atoms with Gasteiger partial charge < -0.3 is 9.84 Å². The van der Waals surface area contributed by atoms with Crippen molar-refractivity contribution in [1.29, 1.82) is 0 Å². The SMILES string of the molecule is CC=CC(CC(=O)O)c1ccc(OCc2ccc(CN3Cc4ccccc4C3)cc2)cc1. The summed E-state index contributed by atoms with van der Waals surface area (Å²) in [7, 11) is 0. The van der Waals surface area contributed by atoms with E-state index in [4.69, 9.17) is 9.84 Å². The molecule has 4 rings (SSSR count). The van der Waals surface area contributed by atoms with Gasteiger partial charge in [0.2, 0.25) is 0 Å². The van der Waals surface area contributed by atoms with Crippen LogP contribution < -0.4 is 4.74 Å². The van der Waals surface area contributed by atoms with Gasteiger partial charge in [-0.1, -0.05) is 72.8 Å². The van der Waals surface area contributed by atoms with Crippen LogP contribution in [0.25, 0.3) is 0 Å². The molecule has 1 atom stereocenters. The first-order chi connectivity index (χ1) is 15.6. The topological polar surface area (TPSA) is 49.8 Å². The lowest BCUT2D eigenvalue weighted by molar-refractivity contribution is -0.137. The molecule has 1 N–H and O–H groups in total. The second kappa shape index (κ2) is 10.3. The van der Waals surface area contributed by atoms with Crippen LogP contribution in [-0.2, 0) is 31.0 Å². The zero-order chi connectivity index (χ0) is 22.3. The summed E-state index contributed by atoms with van der Waals surface area (Å²) in [5.41, 5.74) is 6.28. The second-order valence-electron chi connectivity index (χ2n) is 8.32. The third kappa shape index (κ3) is 5.65. The number of fused-ring (bicyclic) bond motifs is 1. The lowest BCUT2D eigenvalue weighted by atomic mass is 9.95. The molecular formula is C28H29NO3. The molecule has 3 aromatic carbocycles. The molecule has 0 bridgehead atoms. The Labute approximate surface area is 189 Å². The summed E-state index contributed by atoms with van der Waals surface area (Å²) in [5, 5.41) is 9.12. The van der Waals surface area contributed by atoms with Crippen LogP contribution in [0.3, 0.4) is 0 Å². The van der Waals surface area contributed by atoms with Crippen LogP contribution in [0.4, 0.5) is 0 Å². The average Bonchev–Trinajstić information content (AvgIpc) is 3.21. The third-order valence-electron chi connectivity index (χ3n) is 5.87. The molecule has 0 aliphatic carbocycles. The van der Waals surface area contributed by atoms with E-state index in [0.29, 0.717) is 6.61 Å². The molecular weight excluding hydrogens is 398 g/mol. The lowest BCUT2D eigenvalue weighted by Crippen LogP contribution is -2.15. The minimum absolute atomic E-state index is 0.0837. The van der Waals surface area contributed by atoms with Gasteiger partial charge in [0.05, 0.1) is 6.42 Å². The van der Waals surface area contributed by atoms with Crippen LogP contribution in [0.2, 0.25) is 0 Å². The first-order valence-corrected chi connectivity index (χ1v) is 11.0. The van der Waals surface area contributed by atoms with Gasteiger partial charge in [0.25, 0.3) is 0 Å². The van der Waals surface area contributed by atoms with E-state index >= 15 is 0 Å². The maximum Gasteiger partial charge on any atom is 0.304 e. The zero-order valence-corrected chi connectivity index (χ0v) is 18.4. The fraction of sp³-hybridized carbons (Fsp3) is 0.250. The van der Waals surface area contributed by atoms with Crippen LogP contribution in [-0.4, -0.2) is 16.0 Å². The Morgan fingerprint density at radius 1 is 0.969 bits per heavy atom. The highest BCUT2D eigenvalue weighted by atomic mass is 16.5. The van der Waals surface area contributed by atoms with Gasteiger partial charge >= 0.3 is 5.97 Å². The van der Waals surface area contributed by atoms with Crippen molar-refractivity contribution in [3.8, 4) is 5.75 Å². The van der Waals surface area contributed by atoms with Crippen LogP contribution in [0, 0.1) is 0 Å². The molecule has 4 nitrogen and oxygen atoms in total. The van der Waals surface area contributed by atoms with Crippen molar-refractivity contribution in [3.05, 3.63) is 113 Å². The van der Waals surface area contributed by atoms with Crippen molar-refractivity contribution in [1.82, 2.24) is 4.90 Å². The monoisotopic (exact) mass is 427 g/mol. The summed E-state index contributed by atoms with van der Waals surface area (Å²) >= 11 is 0. The summed E-state index contributed by atoms with van der Waals surface area (Å²) in [6, 6.07) is 25.0. The number of benzene rings is 3. The highest BCUT2D eigenvalue weighted by Crippen LogP contribution is 2.25. The van der Waals surface area contributed by atoms with E-state index in [9.17, 15) is 4.79 Å². The predicted molar refractivity (Wildman–Crippen MR) is 126 cm³/mol. The number of carboxylic acid groups (broad SMARTS) is 1. The fourth-order valence-electron chi connectivity index (χ4n) is 4.21. The van der Waals surface area contributed by atoms with E-state index in [-0.39, 0.29) is 12.3 Å². The Bertz CT molecular complexity index is 1050. The minimum Gasteiger partial charge on any atom is -0.489 e. The summed E-state index contributed by atoms with van der Waals surface area (Å²) in [6.45, 7) is 5.38. The normalized spacial score (nSPS) is 14.4. The molecule has 0 fully saturated rings. The van der Waals surface area contributed by atoms with Gasteiger partial charge in [0, 0.05) is 25.6 Å². The highest BCUT2D eigenvalue weighted by molar-refractivity contribution is 5.68. The number of hydrogen-bond acceptors (Lipinski definition) is 3. The smallest absolute Gasteiger partial charge is 0.304 e. The highest BCUT2D eigenvalue weighted by Gasteiger charge is 2.18.